The molecule has 1 aromatic carbocycles. The van der Waals surface area contributed by atoms with E-state index < -0.39 is 5.97 Å². The zero-order valence-electron chi connectivity index (χ0n) is 8.29. The molecule has 0 saturated heterocycles. The average Bonchev–Trinajstić information content (AvgIpc) is 2.73. The summed E-state index contributed by atoms with van der Waals surface area (Å²) >= 11 is 0. The van der Waals surface area contributed by atoms with Crippen LogP contribution in [0.2, 0.25) is 0 Å². The Kier molecular flexibility index (Phi) is 1.71. The summed E-state index contributed by atoms with van der Waals surface area (Å²) in [4.78, 5) is 15.1. The fourth-order valence-electron chi connectivity index (χ4n) is 1.87. The molecule has 0 fully saturated rings. The number of benzene rings is 1. The van der Waals surface area contributed by atoms with Gasteiger partial charge in [-0.15, -0.1) is 0 Å². The average molecular weight is 212 g/mol. The Bertz CT molecular complexity index is 700. The van der Waals surface area contributed by atoms with Crippen LogP contribution in [0.4, 0.5) is 0 Å². The number of fused-ring (bicyclic) bond motifs is 3. The third-order valence-corrected chi connectivity index (χ3v) is 2.62. The maximum atomic E-state index is 11.0. The lowest BCUT2D eigenvalue weighted by atomic mass is 10.2. The first-order chi connectivity index (χ1) is 7.77. The summed E-state index contributed by atoms with van der Waals surface area (Å²) in [6.07, 6.45) is 3.11. The Morgan fingerprint density at radius 2 is 2.06 bits per heavy atom. The normalized spacial score (nSPS) is 11.0. The van der Waals surface area contributed by atoms with Crippen molar-refractivity contribution in [1.82, 2.24) is 9.38 Å². The van der Waals surface area contributed by atoms with Crippen LogP contribution in [0.5, 0.6) is 0 Å². The molecule has 0 amide bonds. The molecule has 0 aliphatic carbocycles. The molecule has 3 rings (SSSR count). The zero-order valence-corrected chi connectivity index (χ0v) is 8.29. The van der Waals surface area contributed by atoms with Gasteiger partial charge in [-0.3, -0.25) is 4.40 Å². The van der Waals surface area contributed by atoms with Gasteiger partial charge in [0.15, 0.2) is 5.69 Å². The molecule has 4 nitrogen and oxygen atoms in total. The first-order valence-corrected chi connectivity index (χ1v) is 4.85. The van der Waals surface area contributed by atoms with Gasteiger partial charge in [0.25, 0.3) is 0 Å². The molecule has 1 N–H and O–H groups in total. The fourth-order valence-corrected chi connectivity index (χ4v) is 1.87. The molecule has 0 bridgehead atoms. The number of carbonyl (C=O) groups is 1. The second-order valence-corrected chi connectivity index (χ2v) is 3.55. The van der Waals surface area contributed by atoms with Gasteiger partial charge in [0, 0.05) is 11.6 Å². The molecule has 0 atom stereocenters. The summed E-state index contributed by atoms with van der Waals surface area (Å²) in [5.74, 6) is -0.970. The van der Waals surface area contributed by atoms with E-state index in [1.54, 1.807) is 10.6 Å². The number of hydrogen-bond donors (Lipinski definition) is 1. The number of carboxylic acids is 1. The van der Waals surface area contributed by atoms with E-state index >= 15 is 0 Å². The Morgan fingerprint density at radius 1 is 1.25 bits per heavy atom. The van der Waals surface area contributed by atoms with Crippen LogP contribution in [0.1, 0.15) is 10.5 Å². The molecular weight excluding hydrogens is 204 g/mol. The van der Waals surface area contributed by atoms with E-state index in [9.17, 15) is 4.79 Å². The molecule has 0 saturated carbocycles. The molecular formula is C12H8N2O2. The largest absolute Gasteiger partial charge is 0.477 e. The minimum atomic E-state index is -0.970. The van der Waals surface area contributed by atoms with Crippen LogP contribution in [0.25, 0.3) is 16.4 Å². The van der Waals surface area contributed by atoms with Crippen molar-refractivity contribution >= 4 is 22.4 Å². The van der Waals surface area contributed by atoms with Crippen molar-refractivity contribution in [1.29, 1.82) is 0 Å². The monoisotopic (exact) mass is 212 g/mol. The Morgan fingerprint density at radius 3 is 2.88 bits per heavy atom. The summed E-state index contributed by atoms with van der Waals surface area (Å²) in [5, 5.41) is 11.0. The molecule has 0 spiro atoms. The summed E-state index contributed by atoms with van der Waals surface area (Å²) in [7, 11) is 0. The van der Waals surface area contributed by atoms with E-state index in [1.807, 2.05) is 30.3 Å². The molecule has 4 heteroatoms. The van der Waals surface area contributed by atoms with E-state index in [1.165, 1.54) is 6.20 Å². The van der Waals surface area contributed by atoms with Gasteiger partial charge < -0.3 is 5.11 Å². The van der Waals surface area contributed by atoms with Crippen molar-refractivity contribution in [2.75, 3.05) is 0 Å². The molecule has 2 heterocycles. The van der Waals surface area contributed by atoms with Crippen molar-refractivity contribution in [2.24, 2.45) is 0 Å². The second-order valence-electron chi connectivity index (χ2n) is 3.55. The van der Waals surface area contributed by atoms with Gasteiger partial charge in [0.05, 0.1) is 6.20 Å². The van der Waals surface area contributed by atoms with Gasteiger partial charge >= 0.3 is 5.97 Å². The van der Waals surface area contributed by atoms with E-state index in [2.05, 4.69) is 4.98 Å². The lowest BCUT2D eigenvalue weighted by Crippen LogP contribution is -2.00. The second kappa shape index (κ2) is 3.06. The summed E-state index contributed by atoms with van der Waals surface area (Å²) in [5.41, 5.74) is 0.858. The third-order valence-electron chi connectivity index (χ3n) is 2.62. The number of nitrogens with zero attached hydrogens (tertiary/aromatic N) is 2. The van der Waals surface area contributed by atoms with Crippen molar-refractivity contribution in [2.45, 2.75) is 0 Å². The molecule has 0 unspecified atom stereocenters. The first-order valence-electron chi connectivity index (χ1n) is 4.85. The number of carboxylic acid groups (broad SMARTS) is 1. The smallest absolute Gasteiger partial charge is 0.354 e. The first kappa shape index (κ1) is 8.91. The highest BCUT2D eigenvalue weighted by Crippen LogP contribution is 2.19. The molecule has 0 radical (unpaired) electrons. The van der Waals surface area contributed by atoms with Gasteiger partial charge in [-0.1, -0.05) is 24.3 Å². The standard InChI is InChI=1S/C12H8N2O2/c15-12(16)10-7-13-11-9-4-2-1-3-8(9)5-6-14(10)11/h1-7H,(H,15,16). The quantitative estimate of drug-likeness (QED) is 0.672. The number of pyridine rings is 1. The van der Waals surface area contributed by atoms with Crippen molar-refractivity contribution < 1.29 is 9.90 Å². The zero-order chi connectivity index (χ0) is 11.1. The third kappa shape index (κ3) is 1.10. The van der Waals surface area contributed by atoms with Crippen LogP contribution in [-0.2, 0) is 0 Å². The lowest BCUT2D eigenvalue weighted by Gasteiger charge is -2.01. The minimum Gasteiger partial charge on any atom is -0.477 e. The number of aromatic carboxylic acids is 1. The van der Waals surface area contributed by atoms with Gasteiger partial charge in [0.2, 0.25) is 0 Å². The van der Waals surface area contributed by atoms with Gasteiger partial charge in [-0.2, -0.15) is 0 Å². The highest BCUT2D eigenvalue weighted by atomic mass is 16.4. The van der Waals surface area contributed by atoms with Crippen LogP contribution in [0, 0.1) is 0 Å². The fraction of sp³-hybridized carbons (Fsp3) is 0. The van der Waals surface area contributed by atoms with E-state index in [0.717, 1.165) is 10.8 Å². The topological polar surface area (TPSA) is 54.6 Å². The van der Waals surface area contributed by atoms with Gasteiger partial charge in [-0.25, -0.2) is 9.78 Å². The highest BCUT2D eigenvalue weighted by molar-refractivity contribution is 5.96. The number of imidazole rings is 1. The number of aromatic nitrogens is 2. The van der Waals surface area contributed by atoms with E-state index in [4.69, 9.17) is 5.11 Å². The van der Waals surface area contributed by atoms with Gasteiger partial charge in [-0.05, 0) is 11.5 Å². The predicted molar refractivity (Wildman–Crippen MR) is 59.7 cm³/mol. The molecule has 3 aromatic rings. The Balaban J connectivity index is 2.49. The van der Waals surface area contributed by atoms with Crippen LogP contribution in [0.15, 0.2) is 42.7 Å². The van der Waals surface area contributed by atoms with Crippen LogP contribution in [-0.4, -0.2) is 20.5 Å². The molecule has 2 aromatic heterocycles. The molecule has 0 aliphatic rings. The number of hydrogen-bond acceptors (Lipinski definition) is 2. The van der Waals surface area contributed by atoms with Crippen molar-refractivity contribution in [3.05, 3.63) is 48.4 Å². The van der Waals surface area contributed by atoms with Gasteiger partial charge in [0.1, 0.15) is 5.65 Å². The van der Waals surface area contributed by atoms with Crippen LogP contribution >= 0.6 is 0 Å². The van der Waals surface area contributed by atoms with Crippen LogP contribution < -0.4 is 0 Å². The van der Waals surface area contributed by atoms with Crippen molar-refractivity contribution in [3.63, 3.8) is 0 Å². The van der Waals surface area contributed by atoms with Crippen LogP contribution in [0.3, 0.4) is 0 Å². The lowest BCUT2D eigenvalue weighted by molar-refractivity contribution is 0.0689. The molecule has 78 valence electrons. The van der Waals surface area contributed by atoms with E-state index in [0.29, 0.717) is 5.65 Å². The maximum Gasteiger partial charge on any atom is 0.354 e. The SMILES string of the molecule is O=C(O)c1cnc2c3ccccc3ccn12. The highest BCUT2D eigenvalue weighted by Gasteiger charge is 2.11. The van der Waals surface area contributed by atoms with E-state index in [-0.39, 0.29) is 5.69 Å². The maximum absolute atomic E-state index is 11.0. The predicted octanol–water partition coefficient (Wildman–Crippen LogP) is 2.19. The number of rotatable bonds is 1. The summed E-state index contributed by atoms with van der Waals surface area (Å²) in [6.45, 7) is 0. The molecule has 0 aliphatic heterocycles. The Hall–Kier alpha value is -2.36. The summed E-state index contributed by atoms with van der Waals surface area (Å²) in [6, 6.07) is 9.65. The summed E-state index contributed by atoms with van der Waals surface area (Å²) < 4.78 is 1.59. The Labute approximate surface area is 90.8 Å². The minimum absolute atomic E-state index is 0.181. The molecule has 16 heavy (non-hydrogen) atoms. The van der Waals surface area contributed by atoms with Crippen molar-refractivity contribution in [3.8, 4) is 0 Å².